The van der Waals surface area contributed by atoms with Crippen molar-refractivity contribution >= 4 is 29.5 Å². The molecule has 1 saturated heterocycles. The van der Waals surface area contributed by atoms with Gasteiger partial charge in [-0.1, -0.05) is 69.5 Å². The summed E-state index contributed by atoms with van der Waals surface area (Å²) in [6, 6.07) is 9.79. The number of hydrogen-bond acceptors (Lipinski definition) is 6. The van der Waals surface area contributed by atoms with E-state index in [1.54, 1.807) is 55.1 Å². The second-order valence-electron chi connectivity index (χ2n) is 13.3. The van der Waals surface area contributed by atoms with Crippen LogP contribution in [0.3, 0.4) is 0 Å². The van der Waals surface area contributed by atoms with Crippen molar-refractivity contribution in [3.63, 3.8) is 0 Å². The maximum Gasteiger partial charge on any atom is 0.307 e. The van der Waals surface area contributed by atoms with Gasteiger partial charge in [-0.3, -0.25) is 24.0 Å². The molecule has 4 rings (SSSR count). The Morgan fingerprint density at radius 1 is 0.854 bits per heavy atom. The standard InChI is InChI=1S/C37H49FN4O6/c1-4-32(44)39-35(37(48)42-18-16-41(3)17-19-42)24(2)28-14-15-29(30(38)22-28)23-31(43)36(27-8-6-5-7-9-27)40-33(45)20-25-10-12-26(13-11-25)21-34(46)47/h10-15,22,24,27,35-36H,4-9,16-21,23H2,1-3H3,(H,39,44)(H,40,45)(H,46,47)/t24-,35+,36-/m0/s1. The summed E-state index contributed by atoms with van der Waals surface area (Å²) in [6.45, 7) is 6.07. The second kappa shape index (κ2) is 17.3. The Balaban J connectivity index is 1.46. The second-order valence-corrected chi connectivity index (χ2v) is 13.3. The van der Waals surface area contributed by atoms with Gasteiger partial charge in [0.15, 0.2) is 5.78 Å². The van der Waals surface area contributed by atoms with Crippen molar-refractivity contribution < 1.29 is 33.5 Å². The smallest absolute Gasteiger partial charge is 0.307 e. The summed E-state index contributed by atoms with van der Waals surface area (Å²) >= 11 is 0. The fraction of sp³-hybridized carbons (Fsp3) is 0.541. The van der Waals surface area contributed by atoms with Crippen LogP contribution < -0.4 is 10.6 Å². The monoisotopic (exact) mass is 664 g/mol. The topological polar surface area (TPSA) is 136 Å². The lowest BCUT2D eigenvalue weighted by Gasteiger charge is -2.36. The zero-order valence-corrected chi connectivity index (χ0v) is 28.3. The molecular formula is C37H49FN4O6. The minimum Gasteiger partial charge on any atom is -0.481 e. The first kappa shape index (κ1) is 36.7. The van der Waals surface area contributed by atoms with Crippen LogP contribution in [0.2, 0.25) is 0 Å². The Hall–Kier alpha value is -4.12. The van der Waals surface area contributed by atoms with E-state index >= 15 is 4.39 Å². The Kier molecular flexibility index (Phi) is 13.3. The number of carboxylic acids is 1. The molecule has 1 heterocycles. The molecule has 2 aromatic carbocycles. The zero-order valence-electron chi connectivity index (χ0n) is 28.3. The van der Waals surface area contributed by atoms with Crippen molar-refractivity contribution in [1.29, 1.82) is 0 Å². The third kappa shape index (κ3) is 10.2. The number of halogens is 1. The van der Waals surface area contributed by atoms with Crippen molar-refractivity contribution in [2.45, 2.75) is 89.6 Å². The van der Waals surface area contributed by atoms with Gasteiger partial charge in [0, 0.05) is 44.9 Å². The van der Waals surface area contributed by atoms with Gasteiger partial charge in [0.1, 0.15) is 11.9 Å². The molecule has 260 valence electrons. The maximum atomic E-state index is 15.7. The number of aliphatic carboxylic acids is 1. The molecule has 2 aliphatic rings. The molecule has 3 atom stereocenters. The summed E-state index contributed by atoms with van der Waals surface area (Å²) in [4.78, 5) is 67.7. The first-order chi connectivity index (χ1) is 22.9. The van der Waals surface area contributed by atoms with Crippen LogP contribution in [0.25, 0.3) is 0 Å². The number of likely N-dealkylation sites (N-methyl/N-ethyl adjacent to an activating group) is 1. The number of carbonyl (C=O) groups excluding carboxylic acids is 4. The molecule has 3 amide bonds. The Labute approximate surface area is 282 Å². The predicted molar refractivity (Wildman–Crippen MR) is 180 cm³/mol. The normalized spacial score (nSPS) is 17.6. The number of amides is 3. The number of Topliss-reactive ketones (excluding diaryl/α,β-unsaturated/α-hetero) is 1. The molecule has 1 saturated carbocycles. The van der Waals surface area contributed by atoms with Crippen molar-refractivity contribution in [2.75, 3.05) is 33.2 Å². The lowest BCUT2D eigenvalue weighted by molar-refractivity contribution is -0.138. The van der Waals surface area contributed by atoms with E-state index in [-0.39, 0.29) is 60.7 Å². The molecule has 11 heteroatoms. The largest absolute Gasteiger partial charge is 0.481 e. The summed E-state index contributed by atoms with van der Waals surface area (Å²) < 4.78 is 15.7. The van der Waals surface area contributed by atoms with Crippen LogP contribution in [0, 0.1) is 11.7 Å². The third-order valence-corrected chi connectivity index (χ3v) is 9.71. The minimum absolute atomic E-state index is 0.0351. The third-order valence-electron chi connectivity index (χ3n) is 9.71. The van der Waals surface area contributed by atoms with Crippen LogP contribution >= 0.6 is 0 Å². The quantitative estimate of drug-likeness (QED) is 0.281. The van der Waals surface area contributed by atoms with E-state index in [9.17, 15) is 24.0 Å². The lowest BCUT2D eigenvalue weighted by Crippen LogP contribution is -2.55. The molecular weight excluding hydrogens is 615 g/mol. The van der Waals surface area contributed by atoms with Gasteiger partial charge in [0.05, 0.1) is 18.9 Å². The maximum absolute atomic E-state index is 15.7. The van der Waals surface area contributed by atoms with Crippen LogP contribution in [-0.2, 0) is 43.2 Å². The van der Waals surface area contributed by atoms with Crippen molar-refractivity contribution in [3.8, 4) is 0 Å². The van der Waals surface area contributed by atoms with Gasteiger partial charge < -0.3 is 25.5 Å². The number of rotatable bonds is 14. The molecule has 0 unspecified atom stereocenters. The highest BCUT2D eigenvalue weighted by Gasteiger charge is 2.34. The number of carboxylic acid groups (broad SMARTS) is 1. The van der Waals surface area contributed by atoms with E-state index in [0.29, 0.717) is 29.8 Å². The van der Waals surface area contributed by atoms with Gasteiger partial charge in [0.2, 0.25) is 17.7 Å². The van der Waals surface area contributed by atoms with Gasteiger partial charge in [-0.25, -0.2) is 4.39 Å². The number of ketones is 1. The molecule has 0 bridgehead atoms. The molecule has 2 aromatic rings. The van der Waals surface area contributed by atoms with Crippen molar-refractivity contribution in [3.05, 3.63) is 70.5 Å². The van der Waals surface area contributed by atoms with E-state index in [0.717, 1.165) is 45.2 Å². The van der Waals surface area contributed by atoms with Crippen molar-refractivity contribution in [2.24, 2.45) is 5.92 Å². The predicted octanol–water partition coefficient (Wildman–Crippen LogP) is 3.64. The Morgan fingerprint density at radius 3 is 2.06 bits per heavy atom. The molecule has 2 fully saturated rings. The molecule has 10 nitrogen and oxygen atoms in total. The summed E-state index contributed by atoms with van der Waals surface area (Å²) in [6.07, 6.45) is 4.53. The molecule has 3 N–H and O–H groups in total. The Bertz CT molecular complexity index is 1450. The number of carbonyl (C=O) groups is 5. The number of nitrogens with one attached hydrogen (secondary N) is 2. The number of benzene rings is 2. The number of piperazine rings is 1. The van der Waals surface area contributed by atoms with E-state index in [1.807, 2.05) is 7.05 Å². The summed E-state index contributed by atoms with van der Waals surface area (Å²) in [5, 5.41) is 14.8. The molecule has 48 heavy (non-hydrogen) atoms. The van der Waals surface area contributed by atoms with Crippen LogP contribution in [0.1, 0.15) is 80.5 Å². The van der Waals surface area contributed by atoms with Gasteiger partial charge >= 0.3 is 5.97 Å². The van der Waals surface area contributed by atoms with Crippen LogP contribution in [-0.4, -0.2) is 89.7 Å². The van der Waals surface area contributed by atoms with Crippen LogP contribution in [0.15, 0.2) is 42.5 Å². The molecule has 1 aliphatic heterocycles. The van der Waals surface area contributed by atoms with E-state index in [1.165, 1.54) is 6.07 Å². The SMILES string of the molecule is CCC(=O)N[C@@H](C(=O)N1CCN(C)CC1)[C@@H](C)c1ccc(CC(=O)[C@@H](NC(=O)Cc2ccc(CC(=O)O)cc2)C2CCCCC2)c(F)c1. The lowest BCUT2D eigenvalue weighted by atomic mass is 9.81. The summed E-state index contributed by atoms with van der Waals surface area (Å²) in [5.41, 5.74) is 2.08. The molecule has 0 aromatic heterocycles. The van der Waals surface area contributed by atoms with E-state index in [2.05, 4.69) is 15.5 Å². The Morgan fingerprint density at radius 2 is 1.48 bits per heavy atom. The summed E-state index contributed by atoms with van der Waals surface area (Å²) in [5.74, 6) is -3.10. The number of hydrogen-bond donors (Lipinski definition) is 3. The number of nitrogens with zero attached hydrogens (tertiary/aromatic N) is 2. The molecule has 1 aliphatic carbocycles. The first-order valence-electron chi connectivity index (χ1n) is 17.1. The van der Waals surface area contributed by atoms with Crippen LogP contribution in [0.5, 0.6) is 0 Å². The first-order valence-corrected chi connectivity index (χ1v) is 17.1. The highest BCUT2D eigenvalue weighted by Crippen LogP contribution is 2.29. The molecule has 0 radical (unpaired) electrons. The zero-order chi connectivity index (χ0) is 34.8. The molecule has 0 spiro atoms. The summed E-state index contributed by atoms with van der Waals surface area (Å²) in [7, 11) is 1.99. The van der Waals surface area contributed by atoms with Crippen LogP contribution in [0.4, 0.5) is 4.39 Å². The highest BCUT2D eigenvalue weighted by atomic mass is 19.1. The average Bonchev–Trinajstić information content (AvgIpc) is 3.07. The fourth-order valence-electron chi connectivity index (χ4n) is 6.67. The van der Waals surface area contributed by atoms with Gasteiger partial charge in [0.25, 0.3) is 0 Å². The van der Waals surface area contributed by atoms with E-state index < -0.39 is 29.8 Å². The average molecular weight is 665 g/mol. The fourth-order valence-corrected chi connectivity index (χ4v) is 6.67. The van der Waals surface area contributed by atoms with Gasteiger partial charge in [-0.2, -0.15) is 0 Å². The van der Waals surface area contributed by atoms with E-state index in [4.69, 9.17) is 5.11 Å². The van der Waals surface area contributed by atoms with Gasteiger partial charge in [-0.15, -0.1) is 0 Å². The van der Waals surface area contributed by atoms with Crippen molar-refractivity contribution in [1.82, 2.24) is 20.4 Å². The highest BCUT2D eigenvalue weighted by molar-refractivity contribution is 5.91. The minimum atomic E-state index is -0.934. The van der Waals surface area contributed by atoms with Gasteiger partial charge in [-0.05, 0) is 54.1 Å².